The molecule has 1 heterocycles. The van der Waals surface area contributed by atoms with Crippen molar-refractivity contribution in [2.75, 3.05) is 0 Å². The molecule has 1 rings (SSSR count). The molecule has 0 bridgehead atoms. The van der Waals surface area contributed by atoms with Crippen molar-refractivity contribution in [1.29, 1.82) is 0 Å². The summed E-state index contributed by atoms with van der Waals surface area (Å²) in [6.45, 7) is -0.609. The highest BCUT2D eigenvalue weighted by Gasteiger charge is 2.32. The summed E-state index contributed by atoms with van der Waals surface area (Å²) in [5.74, 6) is -1.61. The maximum absolute atomic E-state index is 11.9. The molecule has 0 unspecified atom stereocenters. The molecule has 0 radical (unpaired) electrons. The van der Waals surface area contributed by atoms with Gasteiger partial charge in [-0.25, -0.2) is 4.98 Å². The fourth-order valence-corrected chi connectivity index (χ4v) is 1.18. The first-order valence-corrected chi connectivity index (χ1v) is 4.55. The van der Waals surface area contributed by atoms with Crippen LogP contribution < -0.4 is 4.74 Å². The number of rotatable bonds is 3. The van der Waals surface area contributed by atoms with Crippen LogP contribution in [0.1, 0.15) is 11.4 Å². The quantitative estimate of drug-likeness (QED) is 0.812. The van der Waals surface area contributed by atoms with Crippen LogP contribution >= 0.6 is 11.6 Å². The zero-order chi connectivity index (χ0) is 12.3. The zero-order valence-corrected chi connectivity index (χ0v) is 8.51. The summed E-state index contributed by atoms with van der Waals surface area (Å²) in [4.78, 5) is 3.54. The molecule has 16 heavy (non-hydrogen) atoms. The Bertz CT molecular complexity index is 384. The summed E-state index contributed by atoms with van der Waals surface area (Å²) in [6.07, 6.45) is -4.89. The third-order valence-corrected chi connectivity index (χ3v) is 1.87. The van der Waals surface area contributed by atoms with Gasteiger partial charge in [-0.15, -0.1) is 24.8 Å². The second-order valence-electron chi connectivity index (χ2n) is 2.74. The lowest BCUT2D eigenvalue weighted by atomic mass is 10.2. The number of pyridine rings is 1. The van der Waals surface area contributed by atoms with E-state index in [0.29, 0.717) is 6.07 Å². The van der Waals surface area contributed by atoms with Crippen LogP contribution in [0.15, 0.2) is 6.07 Å². The lowest BCUT2D eigenvalue weighted by Crippen LogP contribution is -2.18. The van der Waals surface area contributed by atoms with Gasteiger partial charge in [0.15, 0.2) is 5.75 Å². The van der Waals surface area contributed by atoms with Gasteiger partial charge in [0.2, 0.25) is 0 Å². The van der Waals surface area contributed by atoms with E-state index in [9.17, 15) is 18.3 Å². The van der Waals surface area contributed by atoms with Crippen molar-refractivity contribution in [1.82, 2.24) is 4.98 Å². The summed E-state index contributed by atoms with van der Waals surface area (Å²) in [7, 11) is 0. The van der Waals surface area contributed by atoms with Crippen molar-refractivity contribution in [3.8, 4) is 11.5 Å². The van der Waals surface area contributed by atoms with Crippen LogP contribution in [-0.4, -0.2) is 21.6 Å². The average Bonchev–Trinajstić information content (AvgIpc) is 2.16. The number of aromatic nitrogens is 1. The number of hydrogen-bond acceptors (Lipinski definition) is 4. The van der Waals surface area contributed by atoms with Crippen molar-refractivity contribution in [2.24, 2.45) is 0 Å². The Labute approximate surface area is 93.2 Å². The van der Waals surface area contributed by atoms with Crippen LogP contribution in [0.2, 0.25) is 0 Å². The fourth-order valence-electron chi connectivity index (χ4n) is 0.991. The smallest absolute Gasteiger partial charge is 0.506 e. The lowest BCUT2D eigenvalue weighted by Gasteiger charge is -2.13. The van der Waals surface area contributed by atoms with Gasteiger partial charge in [0.25, 0.3) is 0 Å². The minimum absolute atomic E-state index is 0.162. The summed E-state index contributed by atoms with van der Waals surface area (Å²) in [5, 5.41) is 17.9. The number of hydrogen-bond donors (Lipinski definition) is 2. The van der Waals surface area contributed by atoms with Crippen LogP contribution in [0, 0.1) is 0 Å². The molecule has 2 N–H and O–H groups in total. The summed E-state index contributed by atoms with van der Waals surface area (Å²) in [5.41, 5.74) is -0.369. The van der Waals surface area contributed by atoms with Gasteiger partial charge in [0.1, 0.15) is 11.4 Å². The molecule has 8 heteroatoms. The van der Waals surface area contributed by atoms with Crippen molar-refractivity contribution < 1.29 is 28.1 Å². The Morgan fingerprint density at radius 2 is 2.00 bits per heavy atom. The van der Waals surface area contributed by atoms with Gasteiger partial charge in [0.05, 0.1) is 18.2 Å². The molecule has 0 fully saturated rings. The molecule has 0 aromatic carbocycles. The number of aliphatic hydroxyl groups excluding tert-OH is 1. The molecule has 0 aliphatic carbocycles. The van der Waals surface area contributed by atoms with Gasteiger partial charge < -0.3 is 14.9 Å². The molecule has 0 aliphatic rings. The second kappa shape index (κ2) is 4.75. The summed E-state index contributed by atoms with van der Waals surface area (Å²) in [6, 6.07) is 0.712. The Balaban J connectivity index is 3.13. The molecule has 4 nitrogen and oxygen atoms in total. The molecule has 1 aromatic heterocycles. The molecule has 1 aromatic rings. The maximum atomic E-state index is 11.9. The van der Waals surface area contributed by atoms with Gasteiger partial charge in [-0.2, -0.15) is 0 Å². The van der Waals surface area contributed by atoms with E-state index in [2.05, 4.69) is 9.72 Å². The third-order valence-electron chi connectivity index (χ3n) is 1.62. The standard InChI is InChI=1S/C8H7ClF3NO3/c9-2-4-7(16-8(10,11)12)1-6(15)5(3-14)13-4/h1,14-15H,2-3H2. The van der Waals surface area contributed by atoms with E-state index in [1.807, 2.05) is 0 Å². The minimum Gasteiger partial charge on any atom is -0.506 e. The first-order valence-electron chi connectivity index (χ1n) is 4.01. The molecule has 0 aliphatic heterocycles. The van der Waals surface area contributed by atoms with Gasteiger partial charge in [-0.05, 0) is 0 Å². The van der Waals surface area contributed by atoms with Crippen LogP contribution in [0.3, 0.4) is 0 Å². The molecule has 0 amide bonds. The number of halogens is 4. The first kappa shape index (κ1) is 12.9. The predicted octanol–water partition coefficient (Wildman–Crippen LogP) is 1.92. The SMILES string of the molecule is OCc1nc(CCl)c(OC(F)(F)F)cc1O. The van der Waals surface area contributed by atoms with E-state index >= 15 is 0 Å². The normalized spacial score (nSPS) is 11.6. The highest BCUT2D eigenvalue weighted by atomic mass is 35.5. The lowest BCUT2D eigenvalue weighted by molar-refractivity contribution is -0.275. The molecule has 0 atom stereocenters. The van der Waals surface area contributed by atoms with E-state index in [1.54, 1.807) is 0 Å². The van der Waals surface area contributed by atoms with E-state index in [4.69, 9.17) is 16.7 Å². The van der Waals surface area contributed by atoms with Crippen LogP contribution in [0.4, 0.5) is 13.2 Å². The van der Waals surface area contributed by atoms with Crippen LogP contribution in [-0.2, 0) is 12.5 Å². The Kier molecular flexibility index (Phi) is 3.82. The second-order valence-corrected chi connectivity index (χ2v) is 3.01. The fraction of sp³-hybridized carbons (Fsp3) is 0.375. The van der Waals surface area contributed by atoms with Gasteiger partial charge >= 0.3 is 6.36 Å². The highest BCUT2D eigenvalue weighted by Crippen LogP contribution is 2.31. The number of alkyl halides is 4. The molecule has 0 spiro atoms. The van der Waals surface area contributed by atoms with E-state index in [-0.39, 0.29) is 17.3 Å². The Morgan fingerprint density at radius 3 is 2.44 bits per heavy atom. The average molecular weight is 258 g/mol. The molecular weight excluding hydrogens is 251 g/mol. The topological polar surface area (TPSA) is 62.6 Å². The number of aliphatic hydroxyl groups is 1. The Morgan fingerprint density at radius 1 is 1.38 bits per heavy atom. The molecule has 0 saturated heterocycles. The minimum atomic E-state index is -4.89. The number of ether oxygens (including phenoxy) is 1. The van der Waals surface area contributed by atoms with Crippen LogP contribution in [0.5, 0.6) is 11.5 Å². The van der Waals surface area contributed by atoms with E-state index in [0.717, 1.165) is 0 Å². The largest absolute Gasteiger partial charge is 0.573 e. The molecule has 90 valence electrons. The zero-order valence-electron chi connectivity index (χ0n) is 7.75. The van der Waals surface area contributed by atoms with Gasteiger partial charge in [-0.1, -0.05) is 0 Å². The summed E-state index contributed by atoms with van der Waals surface area (Å²) >= 11 is 5.37. The van der Waals surface area contributed by atoms with E-state index < -0.39 is 24.5 Å². The van der Waals surface area contributed by atoms with Crippen LogP contribution in [0.25, 0.3) is 0 Å². The number of aromatic hydroxyl groups is 1. The molecular formula is C8H7ClF3NO3. The van der Waals surface area contributed by atoms with Crippen molar-refractivity contribution >= 4 is 11.6 Å². The van der Waals surface area contributed by atoms with Crippen molar-refractivity contribution in [3.05, 3.63) is 17.5 Å². The van der Waals surface area contributed by atoms with E-state index in [1.165, 1.54) is 0 Å². The highest BCUT2D eigenvalue weighted by molar-refractivity contribution is 6.17. The monoisotopic (exact) mass is 257 g/mol. The number of nitrogens with zero attached hydrogens (tertiary/aromatic N) is 1. The Hall–Kier alpha value is -1.21. The van der Waals surface area contributed by atoms with Crippen molar-refractivity contribution in [2.45, 2.75) is 18.8 Å². The van der Waals surface area contributed by atoms with Crippen molar-refractivity contribution in [3.63, 3.8) is 0 Å². The predicted molar refractivity (Wildman–Crippen MR) is 48.1 cm³/mol. The van der Waals surface area contributed by atoms with Gasteiger partial charge in [0, 0.05) is 6.07 Å². The summed E-state index contributed by atoms with van der Waals surface area (Å²) < 4.78 is 39.5. The maximum Gasteiger partial charge on any atom is 0.573 e. The van der Waals surface area contributed by atoms with Gasteiger partial charge in [-0.3, -0.25) is 0 Å². The third kappa shape index (κ3) is 3.14. The molecule has 0 saturated carbocycles. The first-order chi connectivity index (χ1) is 7.37.